The minimum absolute atomic E-state index is 0.572. The molecule has 0 aromatic heterocycles. The zero-order valence-electron chi connectivity index (χ0n) is 9.25. The van der Waals surface area contributed by atoms with Crippen molar-refractivity contribution in [3.8, 4) is 0 Å². The number of carbonyl (C=O) groups is 1. The molecule has 0 spiro atoms. The second kappa shape index (κ2) is 8.24. The van der Waals surface area contributed by atoms with Crippen LogP contribution in [0.3, 0.4) is 0 Å². The lowest BCUT2D eigenvalue weighted by atomic mass is 9.99. The Morgan fingerprint density at radius 2 is 2.08 bits per heavy atom. The van der Waals surface area contributed by atoms with Crippen molar-refractivity contribution < 1.29 is 4.79 Å². The number of hydrogen-bond acceptors (Lipinski definition) is 2. The highest BCUT2D eigenvalue weighted by Crippen LogP contribution is 2.13. The molecule has 0 fully saturated rings. The maximum absolute atomic E-state index is 10.3. The third kappa shape index (κ3) is 6.76. The summed E-state index contributed by atoms with van der Waals surface area (Å²) in [5.41, 5.74) is 0. The van der Waals surface area contributed by atoms with Gasteiger partial charge in [-0.25, -0.2) is 0 Å². The Labute approximate surface area is 82.3 Å². The fourth-order valence-electron chi connectivity index (χ4n) is 1.56. The molecule has 0 saturated carbocycles. The van der Waals surface area contributed by atoms with E-state index in [2.05, 4.69) is 18.7 Å². The van der Waals surface area contributed by atoms with Gasteiger partial charge in [0.1, 0.15) is 6.29 Å². The van der Waals surface area contributed by atoms with Crippen molar-refractivity contribution in [3.63, 3.8) is 0 Å². The molecule has 2 nitrogen and oxygen atoms in total. The van der Waals surface area contributed by atoms with Crippen LogP contribution in [0.4, 0.5) is 0 Å². The Kier molecular flexibility index (Phi) is 8.00. The fraction of sp³-hybridized carbons (Fsp3) is 0.909. The highest BCUT2D eigenvalue weighted by Gasteiger charge is 2.08. The van der Waals surface area contributed by atoms with Gasteiger partial charge < -0.3 is 4.79 Å². The standard InChI is InChI=1S/C11H23NO/c1-4-6-7-11(5-2)10-12(3)8-9-13/h9,11H,4-8,10H2,1-3H3. The van der Waals surface area contributed by atoms with Gasteiger partial charge in [-0.1, -0.05) is 33.1 Å². The van der Waals surface area contributed by atoms with E-state index in [0.29, 0.717) is 6.54 Å². The molecule has 0 aliphatic carbocycles. The molecule has 1 unspecified atom stereocenters. The zero-order chi connectivity index (χ0) is 10.1. The molecule has 78 valence electrons. The quantitative estimate of drug-likeness (QED) is 0.541. The molecule has 1 atom stereocenters. The molecule has 0 aliphatic rings. The largest absolute Gasteiger partial charge is 0.302 e. The van der Waals surface area contributed by atoms with Crippen LogP contribution in [-0.2, 0) is 4.79 Å². The third-order valence-corrected chi connectivity index (χ3v) is 2.50. The minimum atomic E-state index is 0.572. The van der Waals surface area contributed by atoms with Gasteiger partial charge in [0.05, 0.1) is 6.54 Å². The first-order valence-corrected chi connectivity index (χ1v) is 5.36. The zero-order valence-corrected chi connectivity index (χ0v) is 9.25. The van der Waals surface area contributed by atoms with Crippen LogP contribution in [-0.4, -0.2) is 31.3 Å². The van der Waals surface area contributed by atoms with Crippen molar-refractivity contribution in [3.05, 3.63) is 0 Å². The monoisotopic (exact) mass is 185 g/mol. The second-order valence-corrected chi connectivity index (χ2v) is 3.80. The second-order valence-electron chi connectivity index (χ2n) is 3.80. The number of nitrogens with zero attached hydrogens (tertiary/aromatic N) is 1. The number of unbranched alkanes of at least 4 members (excludes halogenated alkanes) is 1. The van der Waals surface area contributed by atoms with E-state index in [1.807, 2.05) is 7.05 Å². The van der Waals surface area contributed by atoms with E-state index in [9.17, 15) is 4.79 Å². The van der Waals surface area contributed by atoms with Gasteiger partial charge >= 0.3 is 0 Å². The van der Waals surface area contributed by atoms with Crippen LogP contribution in [0.5, 0.6) is 0 Å². The van der Waals surface area contributed by atoms with Crippen LogP contribution < -0.4 is 0 Å². The summed E-state index contributed by atoms with van der Waals surface area (Å²) >= 11 is 0. The van der Waals surface area contributed by atoms with Crippen molar-refractivity contribution in [1.29, 1.82) is 0 Å². The van der Waals surface area contributed by atoms with E-state index >= 15 is 0 Å². The summed E-state index contributed by atoms with van der Waals surface area (Å²) in [5, 5.41) is 0. The van der Waals surface area contributed by atoms with Gasteiger partial charge in [0.2, 0.25) is 0 Å². The summed E-state index contributed by atoms with van der Waals surface area (Å²) in [6.45, 7) is 6.09. The SMILES string of the molecule is CCCCC(CC)CN(C)CC=O. The number of carbonyl (C=O) groups excluding carboxylic acids is 1. The molecular weight excluding hydrogens is 162 g/mol. The average Bonchev–Trinajstić information content (AvgIpc) is 2.12. The first-order chi connectivity index (χ1) is 6.24. The molecule has 0 amide bonds. The van der Waals surface area contributed by atoms with Gasteiger partial charge in [-0.05, 0) is 19.4 Å². The summed E-state index contributed by atoms with van der Waals surface area (Å²) in [6, 6.07) is 0. The molecule has 0 saturated heterocycles. The summed E-state index contributed by atoms with van der Waals surface area (Å²) in [6.07, 6.45) is 6.09. The summed E-state index contributed by atoms with van der Waals surface area (Å²) in [7, 11) is 2.02. The third-order valence-electron chi connectivity index (χ3n) is 2.50. The van der Waals surface area contributed by atoms with Crippen LogP contribution in [0.25, 0.3) is 0 Å². The molecule has 0 aromatic carbocycles. The lowest BCUT2D eigenvalue weighted by Crippen LogP contribution is -2.27. The smallest absolute Gasteiger partial charge is 0.133 e. The maximum atomic E-state index is 10.3. The molecule has 0 aliphatic heterocycles. The van der Waals surface area contributed by atoms with E-state index in [0.717, 1.165) is 18.7 Å². The van der Waals surface area contributed by atoms with Crippen LogP contribution in [0, 0.1) is 5.92 Å². The molecular formula is C11H23NO. The van der Waals surface area contributed by atoms with Crippen molar-refractivity contribution in [2.24, 2.45) is 5.92 Å². The number of likely N-dealkylation sites (N-methyl/N-ethyl adjacent to an activating group) is 1. The van der Waals surface area contributed by atoms with Gasteiger partial charge in [0.25, 0.3) is 0 Å². The van der Waals surface area contributed by atoms with Crippen molar-refractivity contribution >= 4 is 6.29 Å². The Bertz CT molecular complexity index is 125. The van der Waals surface area contributed by atoms with Crippen LogP contribution in [0.1, 0.15) is 39.5 Å². The fourth-order valence-corrected chi connectivity index (χ4v) is 1.56. The predicted octanol–water partition coefficient (Wildman–Crippen LogP) is 2.33. The number of rotatable bonds is 8. The molecule has 0 radical (unpaired) electrons. The Morgan fingerprint density at radius 3 is 2.54 bits per heavy atom. The summed E-state index contributed by atoms with van der Waals surface area (Å²) in [4.78, 5) is 12.4. The number of hydrogen-bond donors (Lipinski definition) is 0. The lowest BCUT2D eigenvalue weighted by Gasteiger charge is -2.20. The molecule has 0 bridgehead atoms. The average molecular weight is 185 g/mol. The lowest BCUT2D eigenvalue weighted by molar-refractivity contribution is -0.108. The van der Waals surface area contributed by atoms with E-state index in [1.54, 1.807) is 0 Å². The van der Waals surface area contributed by atoms with Crippen molar-refractivity contribution in [2.75, 3.05) is 20.1 Å². The van der Waals surface area contributed by atoms with Gasteiger partial charge in [-0.3, -0.25) is 4.90 Å². The molecule has 0 heterocycles. The van der Waals surface area contributed by atoms with Gasteiger partial charge in [0.15, 0.2) is 0 Å². The molecule has 0 aromatic rings. The normalized spacial score (nSPS) is 13.2. The Hall–Kier alpha value is -0.370. The van der Waals surface area contributed by atoms with Crippen LogP contribution in [0.15, 0.2) is 0 Å². The van der Waals surface area contributed by atoms with E-state index in [1.165, 1.54) is 25.7 Å². The molecule has 0 N–H and O–H groups in total. The van der Waals surface area contributed by atoms with E-state index in [-0.39, 0.29) is 0 Å². The first kappa shape index (κ1) is 12.6. The Morgan fingerprint density at radius 1 is 1.38 bits per heavy atom. The topological polar surface area (TPSA) is 20.3 Å². The highest BCUT2D eigenvalue weighted by molar-refractivity contribution is 5.51. The van der Waals surface area contributed by atoms with Crippen molar-refractivity contribution in [1.82, 2.24) is 4.90 Å². The van der Waals surface area contributed by atoms with Gasteiger partial charge in [-0.2, -0.15) is 0 Å². The molecule has 13 heavy (non-hydrogen) atoms. The highest BCUT2D eigenvalue weighted by atomic mass is 16.1. The van der Waals surface area contributed by atoms with Crippen molar-refractivity contribution in [2.45, 2.75) is 39.5 Å². The summed E-state index contributed by atoms with van der Waals surface area (Å²) in [5.74, 6) is 0.768. The maximum Gasteiger partial charge on any atom is 0.133 e. The van der Waals surface area contributed by atoms with Gasteiger partial charge in [0, 0.05) is 6.54 Å². The summed E-state index contributed by atoms with van der Waals surface area (Å²) < 4.78 is 0. The number of aldehydes is 1. The van der Waals surface area contributed by atoms with E-state index < -0.39 is 0 Å². The molecule has 0 rings (SSSR count). The predicted molar refractivity (Wildman–Crippen MR) is 56.9 cm³/mol. The Balaban J connectivity index is 3.61. The minimum Gasteiger partial charge on any atom is -0.302 e. The molecule has 2 heteroatoms. The van der Waals surface area contributed by atoms with Gasteiger partial charge in [-0.15, -0.1) is 0 Å². The first-order valence-electron chi connectivity index (χ1n) is 5.36. The van der Waals surface area contributed by atoms with E-state index in [4.69, 9.17) is 0 Å². The van der Waals surface area contributed by atoms with Crippen LogP contribution >= 0.6 is 0 Å². The van der Waals surface area contributed by atoms with Crippen LogP contribution in [0.2, 0.25) is 0 Å².